The maximum atomic E-state index is 13.4. The molecule has 0 aliphatic rings. The van der Waals surface area contributed by atoms with E-state index < -0.39 is 5.82 Å². The van der Waals surface area contributed by atoms with Crippen LogP contribution in [0.15, 0.2) is 12.1 Å². The van der Waals surface area contributed by atoms with Gasteiger partial charge in [-0.3, -0.25) is 4.79 Å². The van der Waals surface area contributed by atoms with Gasteiger partial charge in [0.1, 0.15) is 6.29 Å². The van der Waals surface area contributed by atoms with Gasteiger partial charge >= 0.3 is 0 Å². The second kappa shape index (κ2) is 5.49. The topological polar surface area (TPSA) is 26.3 Å². The van der Waals surface area contributed by atoms with Crippen molar-refractivity contribution in [3.05, 3.63) is 29.1 Å². The summed E-state index contributed by atoms with van der Waals surface area (Å²) in [4.78, 5) is 10.7. The molecule has 0 fully saturated rings. The van der Waals surface area contributed by atoms with E-state index in [-0.39, 0.29) is 5.75 Å². The Hall–Kier alpha value is -1.38. The van der Waals surface area contributed by atoms with Crippen molar-refractivity contribution in [3.8, 4) is 5.75 Å². The van der Waals surface area contributed by atoms with Crippen molar-refractivity contribution in [1.29, 1.82) is 0 Å². The molecular weight excluding hydrogens is 195 g/mol. The Morgan fingerprint density at radius 1 is 1.40 bits per heavy atom. The monoisotopic (exact) mass is 210 g/mol. The summed E-state index contributed by atoms with van der Waals surface area (Å²) in [5, 5.41) is 0. The highest BCUT2D eigenvalue weighted by atomic mass is 19.1. The first-order chi connectivity index (χ1) is 7.22. The second-order valence-corrected chi connectivity index (χ2v) is 3.28. The summed E-state index contributed by atoms with van der Waals surface area (Å²) in [6.45, 7) is 4.23. The van der Waals surface area contributed by atoms with E-state index in [0.29, 0.717) is 18.5 Å². The first kappa shape index (κ1) is 11.7. The molecule has 1 aromatic rings. The molecule has 1 aromatic carbocycles. The number of carbonyl (C=O) groups excluding carboxylic acids is 1. The Morgan fingerprint density at radius 2 is 2.13 bits per heavy atom. The molecule has 0 saturated heterocycles. The third-order valence-electron chi connectivity index (χ3n) is 2.14. The van der Waals surface area contributed by atoms with Crippen LogP contribution in [-0.2, 0) is 6.42 Å². The van der Waals surface area contributed by atoms with Crippen LogP contribution in [0.5, 0.6) is 5.75 Å². The van der Waals surface area contributed by atoms with Crippen LogP contribution < -0.4 is 4.74 Å². The zero-order valence-electron chi connectivity index (χ0n) is 9.05. The lowest BCUT2D eigenvalue weighted by Crippen LogP contribution is -2.00. The Bertz CT molecular complexity index is 348. The van der Waals surface area contributed by atoms with Crippen LogP contribution in [0.3, 0.4) is 0 Å². The smallest absolute Gasteiger partial charge is 0.165 e. The maximum Gasteiger partial charge on any atom is 0.165 e. The number of halogens is 1. The third-order valence-corrected chi connectivity index (χ3v) is 2.14. The van der Waals surface area contributed by atoms with Crippen LogP contribution >= 0.6 is 0 Å². The lowest BCUT2D eigenvalue weighted by Gasteiger charge is -2.09. The van der Waals surface area contributed by atoms with E-state index in [0.717, 1.165) is 18.4 Å². The van der Waals surface area contributed by atoms with Crippen molar-refractivity contribution in [2.24, 2.45) is 0 Å². The minimum absolute atomic E-state index is 0.228. The van der Waals surface area contributed by atoms with Crippen molar-refractivity contribution in [2.45, 2.75) is 26.7 Å². The third kappa shape index (κ3) is 2.78. The normalized spacial score (nSPS) is 10.1. The van der Waals surface area contributed by atoms with Crippen molar-refractivity contribution in [3.63, 3.8) is 0 Å². The van der Waals surface area contributed by atoms with Gasteiger partial charge < -0.3 is 4.74 Å². The van der Waals surface area contributed by atoms with Crippen LogP contribution in [-0.4, -0.2) is 12.9 Å². The summed E-state index contributed by atoms with van der Waals surface area (Å²) in [5.74, 6) is -0.245. The first-order valence-corrected chi connectivity index (χ1v) is 5.13. The van der Waals surface area contributed by atoms with Gasteiger partial charge in [-0.25, -0.2) is 4.39 Å². The predicted octanol–water partition coefficient (Wildman–Crippen LogP) is 2.99. The van der Waals surface area contributed by atoms with Gasteiger partial charge in [0.15, 0.2) is 11.6 Å². The van der Waals surface area contributed by atoms with E-state index in [2.05, 4.69) is 0 Å². The minimum atomic E-state index is -0.473. The highest BCUT2D eigenvalue weighted by molar-refractivity contribution is 5.77. The molecule has 0 aliphatic heterocycles. The van der Waals surface area contributed by atoms with E-state index in [1.54, 1.807) is 13.0 Å². The van der Waals surface area contributed by atoms with Crippen molar-refractivity contribution in [1.82, 2.24) is 0 Å². The van der Waals surface area contributed by atoms with Crippen LogP contribution in [0, 0.1) is 5.82 Å². The summed E-state index contributed by atoms with van der Waals surface area (Å²) in [5.41, 5.74) is 1.26. The average Bonchev–Trinajstić information content (AvgIpc) is 2.23. The van der Waals surface area contributed by atoms with E-state index in [1.165, 1.54) is 6.07 Å². The molecule has 0 spiro atoms. The van der Waals surface area contributed by atoms with Gasteiger partial charge in [0, 0.05) is 5.56 Å². The van der Waals surface area contributed by atoms with Gasteiger partial charge in [0.2, 0.25) is 0 Å². The molecular formula is C12H15FO2. The van der Waals surface area contributed by atoms with Crippen LogP contribution in [0.1, 0.15) is 36.2 Å². The number of carbonyl (C=O) groups is 1. The van der Waals surface area contributed by atoms with Crippen molar-refractivity contribution < 1.29 is 13.9 Å². The lowest BCUT2D eigenvalue weighted by atomic mass is 10.0. The molecule has 1 rings (SSSR count). The van der Waals surface area contributed by atoms with Gasteiger partial charge in [-0.15, -0.1) is 0 Å². The van der Waals surface area contributed by atoms with Gasteiger partial charge in [-0.1, -0.05) is 13.3 Å². The number of aldehydes is 1. The van der Waals surface area contributed by atoms with E-state index >= 15 is 0 Å². The molecule has 0 amide bonds. The van der Waals surface area contributed by atoms with Crippen LogP contribution in [0.2, 0.25) is 0 Å². The molecule has 0 N–H and O–H groups in total. The summed E-state index contributed by atoms with van der Waals surface area (Å²) in [6.07, 6.45) is 2.36. The highest BCUT2D eigenvalue weighted by Gasteiger charge is 2.09. The molecule has 82 valence electrons. The second-order valence-electron chi connectivity index (χ2n) is 3.28. The largest absolute Gasteiger partial charge is 0.491 e. The van der Waals surface area contributed by atoms with Crippen LogP contribution in [0.25, 0.3) is 0 Å². The van der Waals surface area contributed by atoms with Gasteiger partial charge in [-0.2, -0.15) is 0 Å². The van der Waals surface area contributed by atoms with E-state index in [9.17, 15) is 9.18 Å². The maximum absolute atomic E-state index is 13.4. The molecule has 2 nitrogen and oxygen atoms in total. The highest BCUT2D eigenvalue weighted by Crippen LogP contribution is 2.22. The molecule has 0 saturated carbocycles. The molecule has 0 radical (unpaired) electrons. The molecule has 0 unspecified atom stereocenters. The van der Waals surface area contributed by atoms with Crippen LogP contribution in [0.4, 0.5) is 4.39 Å². The average molecular weight is 210 g/mol. The Labute approximate surface area is 89.1 Å². The number of rotatable bonds is 5. The number of aryl methyl sites for hydroxylation is 1. The Morgan fingerprint density at radius 3 is 2.67 bits per heavy atom. The van der Waals surface area contributed by atoms with Crippen molar-refractivity contribution >= 4 is 6.29 Å². The molecule has 0 bridgehead atoms. The fraction of sp³-hybridized carbons (Fsp3) is 0.417. The molecule has 0 aromatic heterocycles. The Balaban J connectivity index is 3.11. The summed E-state index contributed by atoms with van der Waals surface area (Å²) < 4.78 is 18.5. The van der Waals surface area contributed by atoms with E-state index in [4.69, 9.17) is 4.74 Å². The minimum Gasteiger partial charge on any atom is -0.491 e. The van der Waals surface area contributed by atoms with E-state index in [1.807, 2.05) is 6.92 Å². The van der Waals surface area contributed by atoms with Gasteiger partial charge in [0.25, 0.3) is 0 Å². The van der Waals surface area contributed by atoms with Gasteiger partial charge in [0.05, 0.1) is 6.61 Å². The number of hydrogen-bond donors (Lipinski definition) is 0. The Kier molecular flexibility index (Phi) is 4.28. The van der Waals surface area contributed by atoms with Gasteiger partial charge in [-0.05, 0) is 31.0 Å². The SMILES string of the molecule is CCCc1cc(OCC)c(F)cc1C=O. The molecule has 0 atom stereocenters. The lowest BCUT2D eigenvalue weighted by molar-refractivity contribution is 0.112. The standard InChI is InChI=1S/C12H15FO2/c1-3-5-9-7-12(15-4-2)11(13)6-10(9)8-14/h6-8H,3-5H2,1-2H3. The number of benzene rings is 1. The summed E-state index contributed by atoms with van der Waals surface area (Å²) >= 11 is 0. The fourth-order valence-corrected chi connectivity index (χ4v) is 1.47. The summed E-state index contributed by atoms with van der Waals surface area (Å²) in [7, 11) is 0. The number of hydrogen-bond acceptors (Lipinski definition) is 2. The molecule has 0 heterocycles. The quantitative estimate of drug-likeness (QED) is 0.698. The predicted molar refractivity (Wildman–Crippen MR) is 57.0 cm³/mol. The van der Waals surface area contributed by atoms with Crippen molar-refractivity contribution in [2.75, 3.05) is 6.61 Å². The summed E-state index contributed by atoms with van der Waals surface area (Å²) in [6, 6.07) is 2.86. The molecule has 15 heavy (non-hydrogen) atoms. The molecule has 3 heteroatoms. The zero-order chi connectivity index (χ0) is 11.3. The zero-order valence-corrected chi connectivity index (χ0v) is 9.05. The molecule has 0 aliphatic carbocycles. The number of ether oxygens (including phenoxy) is 1. The first-order valence-electron chi connectivity index (χ1n) is 5.13. The fourth-order valence-electron chi connectivity index (χ4n) is 1.47.